The molecule has 2 aromatic rings. The number of nitrogens with one attached hydrogen (secondary N) is 3. The molecule has 0 saturated carbocycles. The van der Waals surface area contributed by atoms with Crippen molar-refractivity contribution in [2.45, 2.75) is 19.0 Å². The zero-order chi connectivity index (χ0) is 22.5. The van der Waals surface area contributed by atoms with Crippen LogP contribution in [0.1, 0.15) is 22.7 Å². The van der Waals surface area contributed by atoms with Gasteiger partial charge in [-0.1, -0.05) is 23.7 Å². The number of amides is 2. The lowest BCUT2D eigenvalue weighted by atomic mass is 10.0. The lowest BCUT2D eigenvalue weighted by Crippen LogP contribution is -2.79. The number of hydrogen-bond donors (Lipinski definition) is 6. The van der Waals surface area contributed by atoms with Gasteiger partial charge in [0.2, 0.25) is 0 Å². The van der Waals surface area contributed by atoms with E-state index in [2.05, 4.69) is 27.0 Å². The Morgan fingerprint density at radius 1 is 1.23 bits per heavy atom. The predicted molar refractivity (Wildman–Crippen MR) is 115 cm³/mol. The minimum Gasteiger partial charge on any atom is -0.345 e. The van der Waals surface area contributed by atoms with Gasteiger partial charge >= 0.3 is 17.8 Å². The number of quaternary nitrogens is 1. The number of guanidine groups is 1. The number of anilines is 1. The van der Waals surface area contributed by atoms with Crippen LogP contribution in [0.15, 0.2) is 36.4 Å². The molecular weight excluding hydrogens is 423 g/mol. The second-order valence-electron chi connectivity index (χ2n) is 7.48. The van der Waals surface area contributed by atoms with Gasteiger partial charge in [-0.2, -0.15) is 0 Å². The zero-order valence-electron chi connectivity index (χ0n) is 17.0. The molecule has 0 unspecified atom stereocenters. The molecule has 0 aliphatic heterocycles. The van der Waals surface area contributed by atoms with Crippen LogP contribution in [0.3, 0.4) is 0 Å². The van der Waals surface area contributed by atoms with E-state index in [0.717, 1.165) is 23.7 Å². The fourth-order valence-electron chi connectivity index (χ4n) is 3.76. The van der Waals surface area contributed by atoms with Gasteiger partial charge in [-0.05, 0) is 41.8 Å². The number of halogens is 2. The number of rotatable bonds is 6. The van der Waals surface area contributed by atoms with E-state index in [0.29, 0.717) is 13.0 Å². The Kier molecular flexibility index (Phi) is 7.09. The molecule has 0 fully saturated rings. The first-order valence-corrected chi connectivity index (χ1v) is 10.2. The summed E-state index contributed by atoms with van der Waals surface area (Å²) in [7, 11) is 1.99. The van der Waals surface area contributed by atoms with Crippen molar-refractivity contribution >= 4 is 35.1 Å². The monoisotopic (exact) mass is 448 g/mol. The highest BCUT2D eigenvalue weighted by Crippen LogP contribution is 2.36. The third kappa shape index (κ3) is 5.50. The van der Waals surface area contributed by atoms with E-state index in [1.54, 1.807) is 0 Å². The Morgan fingerprint density at radius 3 is 2.68 bits per heavy atom. The molecule has 0 heterocycles. The lowest BCUT2D eigenvalue weighted by Gasteiger charge is -2.20. The van der Waals surface area contributed by atoms with Crippen molar-refractivity contribution in [3.8, 4) is 0 Å². The molecular formula is C21H26ClFN6O2+2. The number of carbonyl (C=O) groups is 2. The van der Waals surface area contributed by atoms with Crippen molar-refractivity contribution in [2.24, 2.45) is 17.4 Å². The highest BCUT2D eigenvalue weighted by molar-refractivity contribution is 6.39. The van der Waals surface area contributed by atoms with Gasteiger partial charge in [-0.3, -0.25) is 26.0 Å². The van der Waals surface area contributed by atoms with Crippen molar-refractivity contribution in [1.82, 2.24) is 5.32 Å². The SMILES string of the molecule is C[NH2+]Cc1ccc2c(c1)C[C@H](C[NH+]=C(N)N)[C@H]2NC(=O)C(=O)Nc1ccc(Cl)c(F)c1. The third-order valence-electron chi connectivity index (χ3n) is 5.17. The minimum atomic E-state index is -0.899. The van der Waals surface area contributed by atoms with E-state index in [9.17, 15) is 14.0 Å². The molecule has 1 aliphatic rings. The number of hydrogen-bond acceptors (Lipinski definition) is 2. The second-order valence-corrected chi connectivity index (χ2v) is 7.89. The largest absolute Gasteiger partial charge is 0.345 e. The third-order valence-corrected chi connectivity index (χ3v) is 5.48. The van der Waals surface area contributed by atoms with E-state index in [1.165, 1.54) is 17.7 Å². The topological polar surface area (TPSA) is 141 Å². The van der Waals surface area contributed by atoms with Crippen LogP contribution in [0.5, 0.6) is 0 Å². The highest BCUT2D eigenvalue weighted by atomic mass is 35.5. The Morgan fingerprint density at radius 2 is 2.00 bits per heavy atom. The van der Waals surface area contributed by atoms with Gasteiger partial charge in [0.05, 0.1) is 24.7 Å². The molecule has 2 aromatic carbocycles. The molecule has 1 aliphatic carbocycles. The first kappa shape index (κ1) is 22.5. The summed E-state index contributed by atoms with van der Waals surface area (Å²) in [5.41, 5.74) is 14.4. The van der Waals surface area contributed by atoms with Crippen molar-refractivity contribution in [2.75, 3.05) is 18.9 Å². The first-order chi connectivity index (χ1) is 14.8. The average Bonchev–Trinajstić information content (AvgIpc) is 3.06. The van der Waals surface area contributed by atoms with E-state index in [4.69, 9.17) is 23.1 Å². The summed E-state index contributed by atoms with van der Waals surface area (Å²) in [6.07, 6.45) is 0.697. The molecule has 0 aromatic heterocycles. The smallest absolute Gasteiger partial charge is 0.338 e. The van der Waals surface area contributed by atoms with Gasteiger partial charge in [0, 0.05) is 17.2 Å². The Bertz CT molecular complexity index is 1020. The lowest BCUT2D eigenvalue weighted by molar-refractivity contribution is -0.643. The van der Waals surface area contributed by atoms with Crippen LogP contribution in [0.2, 0.25) is 5.02 Å². The van der Waals surface area contributed by atoms with Crippen LogP contribution in [0.4, 0.5) is 10.1 Å². The summed E-state index contributed by atoms with van der Waals surface area (Å²) in [4.78, 5) is 27.9. The normalized spacial score (nSPS) is 17.0. The van der Waals surface area contributed by atoms with Crippen molar-refractivity contribution in [3.05, 3.63) is 63.9 Å². The summed E-state index contributed by atoms with van der Waals surface area (Å²) in [5, 5.41) is 7.18. The second kappa shape index (κ2) is 9.76. The molecule has 0 bridgehead atoms. The van der Waals surface area contributed by atoms with Crippen LogP contribution in [0.25, 0.3) is 0 Å². The van der Waals surface area contributed by atoms with Crippen LogP contribution < -0.4 is 32.4 Å². The molecule has 8 nitrogen and oxygen atoms in total. The molecule has 2 atom stereocenters. The highest BCUT2D eigenvalue weighted by Gasteiger charge is 2.35. The molecule has 164 valence electrons. The van der Waals surface area contributed by atoms with Gasteiger partial charge < -0.3 is 16.0 Å². The maximum Gasteiger partial charge on any atom is 0.338 e. The predicted octanol–water partition coefficient (Wildman–Crippen LogP) is -1.51. The van der Waals surface area contributed by atoms with E-state index in [-0.39, 0.29) is 22.6 Å². The Labute approximate surface area is 184 Å². The molecule has 10 heteroatoms. The van der Waals surface area contributed by atoms with E-state index < -0.39 is 23.7 Å². The average molecular weight is 449 g/mol. The molecule has 0 radical (unpaired) electrons. The summed E-state index contributed by atoms with van der Waals surface area (Å²) < 4.78 is 13.6. The van der Waals surface area contributed by atoms with Crippen LogP contribution in [-0.4, -0.2) is 31.4 Å². The van der Waals surface area contributed by atoms with Gasteiger partial charge in [-0.15, -0.1) is 0 Å². The van der Waals surface area contributed by atoms with E-state index >= 15 is 0 Å². The van der Waals surface area contributed by atoms with Gasteiger partial charge in [0.1, 0.15) is 12.4 Å². The van der Waals surface area contributed by atoms with Crippen molar-refractivity contribution < 1.29 is 24.3 Å². The van der Waals surface area contributed by atoms with Gasteiger partial charge in [0.25, 0.3) is 0 Å². The standard InChI is InChI=1S/C21H24ClFN6O2/c1-26-9-11-2-4-15-12(6-11)7-13(10-27-21(24)25)18(15)29-20(31)19(30)28-14-3-5-16(22)17(23)8-14/h2-6,8,13,18,26H,7,9-10H2,1H3,(H,28,30)(H,29,31)(H4,24,25,27)/p+2/t13-,18-/m1/s1. The number of nitrogens with two attached hydrogens (primary N) is 3. The molecule has 0 saturated heterocycles. The number of fused-ring (bicyclic) bond motifs is 1. The number of carbonyl (C=O) groups excluding carboxylic acids is 2. The summed E-state index contributed by atoms with van der Waals surface area (Å²) in [6, 6.07) is 9.47. The summed E-state index contributed by atoms with van der Waals surface area (Å²) in [6.45, 7) is 1.28. The molecule has 3 rings (SSSR count). The number of benzene rings is 2. The summed E-state index contributed by atoms with van der Waals surface area (Å²) >= 11 is 5.65. The molecule has 9 N–H and O–H groups in total. The maximum atomic E-state index is 13.6. The zero-order valence-corrected chi connectivity index (χ0v) is 17.8. The minimum absolute atomic E-state index is 0.0531. The molecule has 2 amide bonds. The van der Waals surface area contributed by atoms with Crippen molar-refractivity contribution in [1.29, 1.82) is 0 Å². The van der Waals surface area contributed by atoms with E-state index in [1.807, 2.05) is 19.2 Å². The summed E-state index contributed by atoms with van der Waals surface area (Å²) in [5.74, 6) is -2.38. The Balaban J connectivity index is 1.77. The fourth-order valence-corrected chi connectivity index (χ4v) is 3.88. The Hall–Kier alpha value is -3.17. The van der Waals surface area contributed by atoms with Crippen LogP contribution in [-0.2, 0) is 22.6 Å². The molecule has 31 heavy (non-hydrogen) atoms. The molecule has 0 spiro atoms. The first-order valence-electron chi connectivity index (χ1n) is 9.86. The van der Waals surface area contributed by atoms with Crippen LogP contribution >= 0.6 is 11.6 Å². The van der Waals surface area contributed by atoms with Gasteiger partial charge in [-0.25, -0.2) is 4.39 Å². The van der Waals surface area contributed by atoms with Crippen LogP contribution in [0, 0.1) is 11.7 Å². The fraction of sp³-hybridized carbons (Fsp3) is 0.286. The quantitative estimate of drug-likeness (QED) is 0.182. The van der Waals surface area contributed by atoms with Crippen molar-refractivity contribution in [3.63, 3.8) is 0 Å². The van der Waals surface area contributed by atoms with Gasteiger partial charge in [0.15, 0.2) is 0 Å². The maximum absolute atomic E-state index is 13.6.